The lowest BCUT2D eigenvalue weighted by atomic mass is 9.98. The van der Waals surface area contributed by atoms with Gasteiger partial charge in [0.1, 0.15) is 24.7 Å². The first-order chi connectivity index (χ1) is 25.3. The molecule has 4 N–H and O–H groups in total. The SMILES string of the molecule is COC(=O)NCC(=O)N1CCC[C@H]1c1ncc(-c2ccc(-c3ccc4cc(-c5cnc([C@@H]6CCCN6C(=O)CNC(=O)OC)[nH]5)ccc4c3)cc2)[nH]1. The summed E-state index contributed by atoms with van der Waals surface area (Å²) in [4.78, 5) is 68.0. The Morgan fingerprint density at radius 1 is 0.654 bits per heavy atom. The molecule has 14 heteroatoms. The number of carbonyl (C=O) groups excluding carboxylic acids is 4. The van der Waals surface area contributed by atoms with Crippen LogP contribution < -0.4 is 10.6 Å². The van der Waals surface area contributed by atoms with Gasteiger partial charge in [-0.3, -0.25) is 9.59 Å². The Hall–Kier alpha value is -6.18. The third-order valence-electron chi connectivity index (χ3n) is 9.79. The van der Waals surface area contributed by atoms with Gasteiger partial charge in [0, 0.05) is 18.7 Å². The van der Waals surface area contributed by atoms with Crippen LogP contribution in [0.4, 0.5) is 9.59 Å². The first-order valence-electron chi connectivity index (χ1n) is 17.3. The van der Waals surface area contributed by atoms with Crippen LogP contribution >= 0.6 is 0 Å². The average Bonchev–Trinajstić information content (AvgIpc) is 4.02. The van der Waals surface area contributed by atoms with E-state index >= 15 is 0 Å². The minimum Gasteiger partial charge on any atom is -0.453 e. The topological polar surface area (TPSA) is 175 Å². The number of amides is 4. The molecule has 2 aromatic heterocycles. The van der Waals surface area contributed by atoms with Crippen molar-refractivity contribution in [2.75, 3.05) is 40.4 Å². The second-order valence-electron chi connectivity index (χ2n) is 12.9. The predicted octanol–water partition coefficient (Wildman–Crippen LogP) is 5.33. The maximum atomic E-state index is 12.8. The fourth-order valence-electron chi connectivity index (χ4n) is 7.08. The first kappa shape index (κ1) is 34.3. The number of aromatic amines is 2. The van der Waals surface area contributed by atoms with Crippen molar-refractivity contribution in [2.24, 2.45) is 0 Å². The van der Waals surface area contributed by atoms with E-state index in [9.17, 15) is 19.2 Å². The zero-order chi connectivity index (χ0) is 36.2. The van der Waals surface area contributed by atoms with E-state index in [0.29, 0.717) is 13.1 Å². The van der Waals surface area contributed by atoms with Crippen LogP contribution in [0.1, 0.15) is 49.4 Å². The number of carbonyl (C=O) groups is 4. The lowest BCUT2D eigenvalue weighted by molar-refractivity contribution is -0.132. The average molecular weight is 705 g/mol. The van der Waals surface area contributed by atoms with Crippen LogP contribution in [-0.2, 0) is 19.1 Å². The Kier molecular flexibility index (Phi) is 9.87. The molecular weight excluding hydrogens is 664 g/mol. The largest absolute Gasteiger partial charge is 0.453 e. The van der Waals surface area contributed by atoms with Gasteiger partial charge < -0.3 is 39.9 Å². The van der Waals surface area contributed by atoms with E-state index in [2.05, 4.69) is 101 Å². The molecule has 0 spiro atoms. The van der Waals surface area contributed by atoms with Gasteiger partial charge in [0.05, 0.1) is 50.1 Å². The standard InChI is InChI=1S/C38H40N8O6/c1-51-37(49)41-21-33(47)45-15-3-5-31(45)35-39-19-29(43-35)24-9-7-23(8-10-24)25-11-12-27-18-28(14-13-26(27)17-25)30-20-40-36(44-30)32-6-4-16-46(32)34(48)22-42-38(50)52-2/h7-14,17-20,31-32H,3-6,15-16,21-22H2,1-2H3,(H,39,43)(H,40,44)(H,41,49)(H,42,50)/t31-,32-/m0/s1. The molecule has 2 fully saturated rings. The Morgan fingerprint density at radius 2 is 1.10 bits per heavy atom. The summed E-state index contributed by atoms with van der Waals surface area (Å²) in [6.45, 7) is 0.972. The van der Waals surface area contributed by atoms with Crippen molar-refractivity contribution in [2.45, 2.75) is 37.8 Å². The third kappa shape index (κ3) is 7.18. The van der Waals surface area contributed by atoms with Crippen LogP contribution in [0.3, 0.4) is 0 Å². The van der Waals surface area contributed by atoms with Crippen LogP contribution in [0.25, 0.3) is 44.4 Å². The third-order valence-corrected chi connectivity index (χ3v) is 9.79. The second kappa shape index (κ2) is 15.0. The molecule has 2 saturated heterocycles. The zero-order valence-corrected chi connectivity index (χ0v) is 29.0. The molecule has 268 valence electrons. The highest BCUT2D eigenvalue weighted by atomic mass is 16.5. The van der Waals surface area contributed by atoms with Crippen LogP contribution in [0.15, 0.2) is 73.1 Å². The number of methoxy groups -OCH3 is 2. The fraction of sp³-hybridized carbons (Fsp3) is 0.316. The Morgan fingerprint density at radius 3 is 1.62 bits per heavy atom. The van der Waals surface area contributed by atoms with Gasteiger partial charge in [-0.15, -0.1) is 0 Å². The summed E-state index contributed by atoms with van der Waals surface area (Å²) in [5.74, 6) is 1.10. The van der Waals surface area contributed by atoms with E-state index in [0.717, 1.165) is 81.7 Å². The summed E-state index contributed by atoms with van der Waals surface area (Å²) in [6, 6.07) is 20.6. The minimum absolute atomic E-state index is 0.121. The zero-order valence-electron chi connectivity index (χ0n) is 29.0. The molecule has 0 bridgehead atoms. The maximum Gasteiger partial charge on any atom is 0.407 e. The maximum absolute atomic E-state index is 12.8. The fourth-order valence-corrected chi connectivity index (χ4v) is 7.08. The summed E-state index contributed by atoms with van der Waals surface area (Å²) < 4.78 is 9.15. The molecule has 2 atom stereocenters. The van der Waals surface area contributed by atoms with Gasteiger partial charge in [-0.1, -0.05) is 48.5 Å². The van der Waals surface area contributed by atoms with Gasteiger partial charge in [-0.2, -0.15) is 0 Å². The van der Waals surface area contributed by atoms with Crippen molar-refractivity contribution in [1.82, 2.24) is 40.4 Å². The van der Waals surface area contributed by atoms with E-state index in [1.807, 2.05) is 0 Å². The molecule has 0 saturated carbocycles. The van der Waals surface area contributed by atoms with E-state index in [4.69, 9.17) is 0 Å². The monoisotopic (exact) mass is 704 g/mol. The summed E-state index contributed by atoms with van der Waals surface area (Å²) in [7, 11) is 2.53. The highest BCUT2D eigenvalue weighted by molar-refractivity contribution is 5.91. The Balaban J connectivity index is 1.01. The number of alkyl carbamates (subject to hydrolysis) is 2. The summed E-state index contributed by atoms with van der Waals surface area (Å²) in [5, 5.41) is 7.12. The van der Waals surface area contributed by atoms with Crippen molar-refractivity contribution >= 4 is 34.8 Å². The van der Waals surface area contributed by atoms with Crippen LogP contribution in [0.2, 0.25) is 0 Å². The molecule has 0 unspecified atom stereocenters. The number of ether oxygens (including phenoxy) is 2. The summed E-state index contributed by atoms with van der Waals surface area (Å²) in [6.07, 6.45) is 5.63. The number of aromatic nitrogens is 4. The number of hydrogen-bond donors (Lipinski definition) is 4. The lowest BCUT2D eigenvalue weighted by Crippen LogP contribution is -2.40. The molecule has 4 amide bonds. The van der Waals surface area contributed by atoms with Gasteiger partial charge in [0.15, 0.2) is 0 Å². The summed E-state index contributed by atoms with van der Waals surface area (Å²) >= 11 is 0. The Bertz CT molecular complexity index is 2110. The molecule has 52 heavy (non-hydrogen) atoms. The number of nitrogens with zero attached hydrogens (tertiary/aromatic N) is 4. The number of likely N-dealkylation sites (tertiary alicyclic amines) is 2. The van der Waals surface area contributed by atoms with Crippen molar-refractivity contribution in [3.05, 3.63) is 84.7 Å². The number of imidazole rings is 2. The van der Waals surface area contributed by atoms with E-state index in [1.165, 1.54) is 14.2 Å². The lowest BCUT2D eigenvalue weighted by Gasteiger charge is -2.23. The number of fused-ring (bicyclic) bond motifs is 1. The molecule has 2 aliphatic heterocycles. The van der Waals surface area contributed by atoms with Gasteiger partial charge in [0.2, 0.25) is 11.8 Å². The quantitative estimate of drug-likeness (QED) is 0.159. The second-order valence-corrected chi connectivity index (χ2v) is 12.9. The minimum atomic E-state index is -0.636. The summed E-state index contributed by atoms with van der Waals surface area (Å²) in [5.41, 5.74) is 5.88. The van der Waals surface area contributed by atoms with Gasteiger partial charge >= 0.3 is 12.2 Å². The van der Waals surface area contributed by atoms with Gasteiger partial charge in [0.25, 0.3) is 0 Å². The number of hydrogen-bond acceptors (Lipinski definition) is 8. The molecule has 0 radical (unpaired) electrons. The molecule has 0 aliphatic carbocycles. The van der Waals surface area contributed by atoms with Crippen molar-refractivity contribution < 1.29 is 28.7 Å². The molecule has 14 nitrogen and oxygen atoms in total. The number of nitrogens with one attached hydrogen (secondary N) is 4. The molecule has 2 aliphatic rings. The molecule has 3 aromatic carbocycles. The molecule has 7 rings (SSSR count). The normalized spacial score (nSPS) is 17.0. The van der Waals surface area contributed by atoms with Crippen molar-refractivity contribution in [3.8, 4) is 33.6 Å². The molecule has 4 heterocycles. The van der Waals surface area contributed by atoms with Crippen LogP contribution in [0.5, 0.6) is 0 Å². The highest BCUT2D eigenvalue weighted by Crippen LogP contribution is 2.34. The molecule has 5 aromatic rings. The highest BCUT2D eigenvalue weighted by Gasteiger charge is 2.33. The van der Waals surface area contributed by atoms with Gasteiger partial charge in [-0.25, -0.2) is 19.6 Å². The van der Waals surface area contributed by atoms with Crippen LogP contribution in [-0.4, -0.2) is 94.1 Å². The van der Waals surface area contributed by atoms with Crippen molar-refractivity contribution in [3.63, 3.8) is 0 Å². The predicted molar refractivity (Wildman–Crippen MR) is 193 cm³/mol. The number of rotatable bonds is 9. The van der Waals surface area contributed by atoms with E-state index in [-0.39, 0.29) is 37.0 Å². The first-order valence-corrected chi connectivity index (χ1v) is 17.3. The van der Waals surface area contributed by atoms with E-state index < -0.39 is 12.2 Å². The smallest absolute Gasteiger partial charge is 0.407 e. The van der Waals surface area contributed by atoms with Crippen molar-refractivity contribution in [1.29, 1.82) is 0 Å². The Labute approximate surface area is 299 Å². The van der Waals surface area contributed by atoms with Gasteiger partial charge in [-0.05, 0) is 65.3 Å². The molecular formula is C38H40N8O6. The number of H-pyrrole nitrogens is 2. The number of benzene rings is 3. The van der Waals surface area contributed by atoms with E-state index in [1.54, 1.807) is 22.2 Å². The van der Waals surface area contributed by atoms with Crippen LogP contribution in [0, 0.1) is 0 Å².